The summed E-state index contributed by atoms with van der Waals surface area (Å²) in [7, 11) is 0. The first kappa shape index (κ1) is 16.1. The SMILES string of the molecule is Cc1ccc(Nc2ccnc(C(=O)NCc3ccco3)c2)cc1Cl. The third-order valence-electron chi connectivity index (χ3n) is 3.46. The summed E-state index contributed by atoms with van der Waals surface area (Å²) in [5.41, 5.74) is 2.94. The number of anilines is 2. The fourth-order valence-corrected chi connectivity index (χ4v) is 2.32. The van der Waals surface area contributed by atoms with E-state index in [1.165, 1.54) is 0 Å². The van der Waals surface area contributed by atoms with Crippen LogP contribution in [0.15, 0.2) is 59.3 Å². The van der Waals surface area contributed by atoms with E-state index in [9.17, 15) is 4.79 Å². The van der Waals surface area contributed by atoms with Crippen LogP contribution in [0.2, 0.25) is 5.02 Å². The van der Waals surface area contributed by atoms with Crippen molar-refractivity contribution in [2.75, 3.05) is 5.32 Å². The Morgan fingerprint density at radius 2 is 2.04 bits per heavy atom. The Labute approximate surface area is 144 Å². The lowest BCUT2D eigenvalue weighted by molar-refractivity contribution is 0.0943. The van der Waals surface area contributed by atoms with Crippen LogP contribution in [0.4, 0.5) is 11.4 Å². The molecule has 2 heterocycles. The minimum absolute atomic E-state index is 0.267. The Morgan fingerprint density at radius 1 is 1.21 bits per heavy atom. The fraction of sp³-hybridized carbons (Fsp3) is 0.111. The van der Waals surface area contributed by atoms with Crippen molar-refractivity contribution in [3.63, 3.8) is 0 Å². The van der Waals surface area contributed by atoms with E-state index >= 15 is 0 Å². The van der Waals surface area contributed by atoms with E-state index in [1.807, 2.05) is 25.1 Å². The number of rotatable bonds is 5. The van der Waals surface area contributed by atoms with Gasteiger partial charge in [0, 0.05) is 22.6 Å². The summed E-state index contributed by atoms with van der Waals surface area (Å²) >= 11 is 6.13. The first-order valence-corrected chi connectivity index (χ1v) is 7.79. The maximum absolute atomic E-state index is 12.2. The smallest absolute Gasteiger partial charge is 0.270 e. The number of nitrogens with zero attached hydrogens (tertiary/aromatic N) is 1. The number of benzene rings is 1. The van der Waals surface area contributed by atoms with Crippen LogP contribution < -0.4 is 10.6 Å². The van der Waals surface area contributed by atoms with E-state index < -0.39 is 0 Å². The van der Waals surface area contributed by atoms with E-state index in [-0.39, 0.29) is 5.91 Å². The molecule has 0 aliphatic heterocycles. The van der Waals surface area contributed by atoms with E-state index in [0.29, 0.717) is 23.0 Å². The second-order valence-electron chi connectivity index (χ2n) is 5.28. The largest absolute Gasteiger partial charge is 0.467 e. The standard InChI is InChI=1S/C18H16ClN3O2/c1-12-4-5-13(9-16(12)19)22-14-6-7-20-17(10-14)18(23)21-11-15-3-2-8-24-15/h2-10H,11H2,1H3,(H,20,22)(H,21,23). The third-order valence-corrected chi connectivity index (χ3v) is 3.86. The molecular formula is C18H16ClN3O2. The number of carbonyl (C=O) groups excluding carboxylic acids is 1. The van der Waals surface area contributed by atoms with Gasteiger partial charge >= 0.3 is 0 Å². The lowest BCUT2D eigenvalue weighted by Gasteiger charge is -2.09. The van der Waals surface area contributed by atoms with Gasteiger partial charge in [-0.1, -0.05) is 17.7 Å². The molecule has 0 unspecified atom stereocenters. The summed E-state index contributed by atoms with van der Waals surface area (Å²) in [6.45, 7) is 2.26. The van der Waals surface area contributed by atoms with Crippen molar-refractivity contribution in [1.29, 1.82) is 0 Å². The molecule has 0 aliphatic rings. The minimum Gasteiger partial charge on any atom is -0.467 e. The number of pyridine rings is 1. The van der Waals surface area contributed by atoms with Gasteiger partial charge in [0.05, 0.1) is 12.8 Å². The first-order valence-electron chi connectivity index (χ1n) is 7.41. The van der Waals surface area contributed by atoms with E-state index in [1.54, 1.807) is 36.7 Å². The van der Waals surface area contributed by atoms with Gasteiger partial charge in [-0.25, -0.2) is 0 Å². The van der Waals surface area contributed by atoms with Crippen molar-refractivity contribution in [3.8, 4) is 0 Å². The number of furan rings is 1. The summed E-state index contributed by atoms with van der Waals surface area (Å²) in [5, 5.41) is 6.66. The molecule has 122 valence electrons. The summed E-state index contributed by atoms with van der Waals surface area (Å²) in [4.78, 5) is 16.3. The molecule has 0 atom stereocenters. The molecule has 2 aromatic heterocycles. The number of amides is 1. The second-order valence-corrected chi connectivity index (χ2v) is 5.69. The molecule has 0 bridgehead atoms. The van der Waals surface area contributed by atoms with Crippen LogP contribution in [0.5, 0.6) is 0 Å². The molecular weight excluding hydrogens is 326 g/mol. The van der Waals surface area contributed by atoms with Crippen molar-refractivity contribution in [1.82, 2.24) is 10.3 Å². The quantitative estimate of drug-likeness (QED) is 0.725. The van der Waals surface area contributed by atoms with Crippen LogP contribution in [0, 0.1) is 6.92 Å². The average molecular weight is 342 g/mol. The van der Waals surface area contributed by atoms with Gasteiger partial charge in [0.15, 0.2) is 0 Å². The summed E-state index contributed by atoms with van der Waals surface area (Å²) in [6, 6.07) is 12.8. The Hall–Kier alpha value is -2.79. The van der Waals surface area contributed by atoms with Crippen LogP contribution >= 0.6 is 11.6 Å². The zero-order chi connectivity index (χ0) is 16.9. The van der Waals surface area contributed by atoms with Gasteiger partial charge in [-0.3, -0.25) is 9.78 Å². The molecule has 1 amide bonds. The van der Waals surface area contributed by atoms with Gasteiger partial charge in [0.2, 0.25) is 0 Å². The number of aromatic nitrogens is 1. The molecule has 1 aromatic carbocycles. The van der Waals surface area contributed by atoms with E-state index in [2.05, 4.69) is 15.6 Å². The highest BCUT2D eigenvalue weighted by Crippen LogP contribution is 2.23. The number of aryl methyl sites for hydroxylation is 1. The Morgan fingerprint density at radius 3 is 2.79 bits per heavy atom. The van der Waals surface area contributed by atoms with E-state index in [4.69, 9.17) is 16.0 Å². The van der Waals surface area contributed by atoms with Crippen molar-refractivity contribution in [2.45, 2.75) is 13.5 Å². The van der Waals surface area contributed by atoms with Gasteiger partial charge < -0.3 is 15.1 Å². The number of hydrogen-bond acceptors (Lipinski definition) is 4. The van der Waals surface area contributed by atoms with Crippen molar-refractivity contribution in [3.05, 3.63) is 77.0 Å². The topological polar surface area (TPSA) is 67.2 Å². The highest BCUT2D eigenvalue weighted by atomic mass is 35.5. The van der Waals surface area contributed by atoms with Crippen LogP contribution in [-0.2, 0) is 6.54 Å². The summed E-state index contributed by atoms with van der Waals surface area (Å²) in [6.07, 6.45) is 3.15. The Kier molecular flexibility index (Phi) is 4.82. The zero-order valence-electron chi connectivity index (χ0n) is 13.0. The number of hydrogen-bond donors (Lipinski definition) is 2. The maximum Gasteiger partial charge on any atom is 0.270 e. The van der Waals surface area contributed by atoms with Gasteiger partial charge in [-0.05, 0) is 48.9 Å². The molecule has 0 saturated carbocycles. The number of halogens is 1. The van der Waals surface area contributed by atoms with Gasteiger partial charge in [-0.15, -0.1) is 0 Å². The molecule has 24 heavy (non-hydrogen) atoms. The van der Waals surface area contributed by atoms with Gasteiger partial charge in [0.1, 0.15) is 11.5 Å². The van der Waals surface area contributed by atoms with Gasteiger partial charge in [0.25, 0.3) is 5.91 Å². The minimum atomic E-state index is -0.267. The van der Waals surface area contributed by atoms with Crippen molar-refractivity contribution in [2.24, 2.45) is 0 Å². The van der Waals surface area contributed by atoms with Crippen molar-refractivity contribution >= 4 is 28.9 Å². The van der Waals surface area contributed by atoms with Crippen LogP contribution in [0.1, 0.15) is 21.8 Å². The normalized spacial score (nSPS) is 10.4. The molecule has 0 aliphatic carbocycles. The Balaban J connectivity index is 1.68. The summed E-state index contributed by atoms with van der Waals surface area (Å²) in [5.74, 6) is 0.420. The molecule has 0 fully saturated rings. The predicted molar refractivity (Wildman–Crippen MR) is 93.6 cm³/mol. The second kappa shape index (κ2) is 7.19. The molecule has 3 aromatic rings. The molecule has 0 radical (unpaired) electrons. The third kappa shape index (κ3) is 3.94. The van der Waals surface area contributed by atoms with Crippen LogP contribution in [0.3, 0.4) is 0 Å². The molecule has 6 heteroatoms. The van der Waals surface area contributed by atoms with Crippen LogP contribution in [0.25, 0.3) is 0 Å². The highest BCUT2D eigenvalue weighted by Gasteiger charge is 2.09. The van der Waals surface area contributed by atoms with E-state index in [0.717, 1.165) is 16.9 Å². The highest BCUT2D eigenvalue weighted by molar-refractivity contribution is 6.31. The first-order chi connectivity index (χ1) is 11.6. The van der Waals surface area contributed by atoms with Gasteiger partial charge in [-0.2, -0.15) is 0 Å². The lowest BCUT2D eigenvalue weighted by atomic mass is 10.2. The lowest BCUT2D eigenvalue weighted by Crippen LogP contribution is -2.23. The molecule has 5 nitrogen and oxygen atoms in total. The van der Waals surface area contributed by atoms with Crippen molar-refractivity contribution < 1.29 is 9.21 Å². The maximum atomic E-state index is 12.2. The zero-order valence-corrected chi connectivity index (χ0v) is 13.8. The fourth-order valence-electron chi connectivity index (χ4n) is 2.14. The number of nitrogens with one attached hydrogen (secondary N) is 2. The monoisotopic (exact) mass is 341 g/mol. The molecule has 0 spiro atoms. The molecule has 3 rings (SSSR count). The summed E-state index contributed by atoms with van der Waals surface area (Å²) < 4.78 is 5.18. The van der Waals surface area contributed by atoms with Crippen LogP contribution in [-0.4, -0.2) is 10.9 Å². The number of carbonyl (C=O) groups is 1. The molecule has 2 N–H and O–H groups in total. The predicted octanol–water partition coefficient (Wildman–Crippen LogP) is 4.31. The average Bonchev–Trinajstić information content (AvgIpc) is 3.10. The molecule has 0 saturated heterocycles. The Bertz CT molecular complexity index is 847.